The van der Waals surface area contributed by atoms with Gasteiger partial charge in [0.1, 0.15) is 11.4 Å². The van der Waals surface area contributed by atoms with Gasteiger partial charge in [-0.15, -0.1) is 0 Å². The van der Waals surface area contributed by atoms with Crippen LogP contribution in [-0.2, 0) is 9.59 Å². The smallest absolute Gasteiger partial charge is 0.277 e. The van der Waals surface area contributed by atoms with Crippen molar-refractivity contribution in [3.63, 3.8) is 0 Å². The highest BCUT2D eigenvalue weighted by molar-refractivity contribution is 6.35. The van der Waals surface area contributed by atoms with E-state index in [-0.39, 0.29) is 11.8 Å². The first kappa shape index (κ1) is 18.9. The maximum absolute atomic E-state index is 13.0. The van der Waals surface area contributed by atoms with Gasteiger partial charge in [0.15, 0.2) is 0 Å². The first-order chi connectivity index (χ1) is 14.1. The molecule has 1 saturated heterocycles. The molecule has 2 aliphatic heterocycles. The van der Waals surface area contributed by atoms with Crippen molar-refractivity contribution in [3.8, 4) is 5.75 Å². The maximum atomic E-state index is 13.0. The molecule has 3 heterocycles. The summed E-state index contributed by atoms with van der Waals surface area (Å²) in [5.41, 5.74) is 1.67. The van der Waals surface area contributed by atoms with Crippen LogP contribution in [-0.4, -0.2) is 71.4 Å². The molecule has 1 fully saturated rings. The lowest BCUT2D eigenvalue weighted by molar-refractivity contribution is -0.137. The summed E-state index contributed by atoms with van der Waals surface area (Å²) in [6, 6.07) is 9.04. The number of anilines is 1. The van der Waals surface area contributed by atoms with Gasteiger partial charge in [0.25, 0.3) is 11.8 Å². The summed E-state index contributed by atoms with van der Waals surface area (Å²) in [6.45, 7) is 4.75. The number of methoxy groups -OCH3 is 1. The van der Waals surface area contributed by atoms with Crippen molar-refractivity contribution in [1.29, 1.82) is 0 Å². The van der Waals surface area contributed by atoms with Crippen LogP contribution in [0.4, 0.5) is 5.95 Å². The fourth-order valence-electron chi connectivity index (χ4n) is 3.75. The van der Waals surface area contributed by atoms with Crippen molar-refractivity contribution in [1.82, 2.24) is 19.8 Å². The van der Waals surface area contributed by atoms with Gasteiger partial charge in [-0.25, -0.2) is 9.97 Å². The molecule has 0 atom stereocenters. The predicted molar refractivity (Wildman–Crippen MR) is 108 cm³/mol. The van der Waals surface area contributed by atoms with Gasteiger partial charge in [0.05, 0.1) is 12.7 Å². The Bertz CT molecular complexity index is 935. The molecule has 2 aromatic rings. The first-order valence-electron chi connectivity index (χ1n) is 9.65. The van der Waals surface area contributed by atoms with Gasteiger partial charge in [-0.1, -0.05) is 12.1 Å². The van der Waals surface area contributed by atoms with Gasteiger partial charge in [-0.3, -0.25) is 14.5 Å². The third-order valence-electron chi connectivity index (χ3n) is 5.27. The van der Waals surface area contributed by atoms with Gasteiger partial charge in [0, 0.05) is 45.1 Å². The number of aromatic nitrogens is 2. The Morgan fingerprint density at radius 2 is 1.55 bits per heavy atom. The number of benzene rings is 1. The molecule has 0 aliphatic carbocycles. The van der Waals surface area contributed by atoms with Crippen LogP contribution in [0.5, 0.6) is 5.75 Å². The monoisotopic (exact) mass is 393 g/mol. The van der Waals surface area contributed by atoms with E-state index in [4.69, 9.17) is 4.74 Å². The van der Waals surface area contributed by atoms with Gasteiger partial charge in [-0.05, 0) is 30.7 Å². The number of carbonyl (C=O) groups excluding carboxylic acids is 2. The Kier molecular flexibility index (Phi) is 5.16. The maximum Gasteiger partial charge on any atom is 0.277 e. The molecule has 0 saturated carbocycles. The third kappa shape index (κ3) is 3.41. The number of rotatable bonds is 5. The number of hydrogen-bond donors (Lipinski definition) is 0. The normalized spacial score (nSPS) is 17.4. The number of nitrogens with zero attached hydrogens (tertiary/aromatic N) is 5. The average Bonchev–Trinajstić information content (AvgIpc) is 3.04. The number of carbonyl (C=O) groups is 2. The minimum Gasteiger partial charge on any atom is -0.497 e. The molecule has 2 amide bonds. The van der Waals surface area contributed by atoms with Crippen LogP contribution in [0, 0.1) is 0 Å². The Morgan fingerprint density at radius 1 is 0.931 bits per heavy atom. The number of amides is 2. The highest BCUT2D eigenvalue weighted by Gasteiger charge is 2.41. The van der Waals surface area contributed by atoms with E-state index in [0.717, 1.165) is 5.56 Å². The molecule has 4 rings (SSSR count). The van der Waals surface area contributed by atoms with Crippen molar-refractivity contribution >= 4 is 23.3 Å². The number of likely N-dealkylation sites (N-methyl/N-ethyl adjacent to an activating group) is 1. The summed E-state index contributed by atoms with van der Waals surface area (Å²) in [4.78, 5) is 40.0. The minimum atomic E-state index is -0.244. The summed E-state index contributed by atoms with van der Waals surface area (Å²) in [5, 5.41) is 0. The van der Waals surface area contributed by atoms with Crippen molar-refractivity contribution in [2.75, 3.05) is 44.7 Å². The molecular formula is C21H23N5O3. The number of ether oxygens (including phenoxy) is 1. The zero-order valence-corrected chi connectivity index (χ0v) is 16.5. The molecule has 1 aromatic carbocycles. The number of imide groups is 1. The van der Waals surface area contributed by atoms with E-state index in [1.807, 2.05) is 24.0 Å². The molecular weight excluding hydrogens is 370 g/mol. The van der Waals surface area contributed by atoms with Crippen molar-refractivity contribution in [2.45, 2.75) is 6.92 Å². The average molecular weight is 393 g/mol. The lowest BCUT2D eigenvalue weighted by atomic mass is 10.0. The molecule has 0 bridgehead atoms. The highest BCUT2D eigenvalue weighted by atomic mass is 16.5. The molecule has 0 spiro atoms. The van der Waals surface area contributed by atoms with Crippen molar-refractivity contribution in [2.24, 2.45) is 0 Å². The second-order valence-electron chi connectivity index (χ2n) is 6.83. The summed E-state index contributed by atoms with van der Waals surface area (Å²) >= 11 is 0. The Balaban J connectivity index is 1.63. The SMILES string of the molecule is CCN1C(=O)C(c2ccc(OC)cc2)=C(N2CCN(c3ncccn3)CC2)C1=O. The molecule has 2 aliphatic rings. The fraction of sp³-hybridized carbons (Fsp3) is 0.333. The first-order valence-corrected chi connectivity index (χ1v) is 9.65. The van der Waals surface area contributed by atoms with E-state index in [0.29, 0.717) is 55.7 Å². The van der Waals surface area contributed by atoms with E-state index in [9.17, 15) is 9.59 Å². The highest BCUT2D eigenvalue weighted by Crippen LogP contribution is 2.33. The van der Waals surface area contributed by atoms with Crippen LogP contribution >= 0.6 is 0 Å². The summed E-state index contributed by atoms with van der Waals surface area (Å²) in [7, 11) is 1.60. The van der Waals surface area contributed by atoms with E-state index >= 15 is 0 Å². The zero-order chi connectivity index (χ0) is 20.4. The van der Waals surface area contributed by atoms with Crippen LogP contribution < -0.4 is 9.64 Å². The predicted octanol–water partition coefficient (Wildman–Crippen LogP) is 1.41. The van der Waals surface area contributed by atoms with E-state index in [2.05, 4.69) is 14.9 Å². The second kappa shape index (κ2) is 7.90. The quantitative estimate of drug-likeness (QED) is 0.711. The van der Waals surface area contributed by atoms with Gasteiger partial charge in [-0.2, -0.15) is 0 Å². The van der Waals surface area contributed by atoms with Crippen molar-refractivity contribution in [3.05, 3.63) is 54.0 Å². The zero-order valence-electron chi connectivity index (χ0n) is 16.5. The molecule has 150 valence electrons. The van der Waals surface area contributed by atoms with Crippen molar-refractivity contribution < 1.29 is 14.3 Å². The van der Waals surface area contributed by atoms with Crippen LogP contribution in [0.1, 0.15) is 12.5 Å². The lowest BCUT2D eigenvalue weighted by Crippen LogP contribution is -2.48. The van der Waals surface area contributed by atoms with Crippen LogP contribution in [0.25, 0.3) is 5.57 Å². The van der Waals surface area contributed by atoms with Gasteiger partial charge >= 0.3 is 0 Å². The second-order valence-corrected chi connectivity index (χ2v) is 6.83. The van der Waals surface area contributed by atoms with Crippen LogP contribution in [0.2, 0.25) is 0 Å². The molecule has 0 radical (unpaired) electrons. The third-order valence-corrected chi connectivity index (χ3v) is 5.27. The fourth-order valence-corrected chi connectivity index (χ4v) is 3.75. The minimum absolute atomic E-state index is 0.229. The molecule has 1 aromatic heterocycles. The number of piperazine rings is 1. The van der Waals surface area contributed by atoms with E-state index < -0.39 is 0 Å². The summed E-state index contributed by atoms with van der Waals surface area (Å²) < 4.78 is 5.21. The van der Waals surface area contributed by atoms with Gasteiger partial charge in [0.2, 0.25) is 5.95 Å². The van der Waals surface area contributed by atoms with E-state index in [1.54, 1.807) is 37.7 Å². The van der Waals surface area contributed by atoms with Crippen LogP contribution in [0.3, 0.4) is 0 Å². The lowest BCUT2D eigenvalue weighted by Gasteiger charge is -2.36. The van der Waals surface area contributed by atoms with Gasteiger partial charge < -0.3 is 14.5 Å². The number of hydrogen-bond acceptors (Lipinski definition) is 7. The van der Waals surface area contributed by atoms with Crippen LogP contribution in [0.15, 0.2) is 48.4 Å². The van der Waals surface area contributed by atoms with E-state index in [1.165, 1.54) is 4.90 Å². The summed E-state index contributed by atoms with van der Waals surface area (Å²) in [6.07, 6.45) is 3.44. The Labute approximate surface area is 169 Å². The molecule has 8 heteroatoms. The molecule has 0 unspecified atom stereocenters. The topological polar surface area (TPSA) is 78.9 Å². The standard InChI is InChI=1S/C21H23N5O3/c1-3-26-19(27)17(15-5-7-16(29-2)8-6-15)18(20(26)28)24-11-13-25(14-12-24)21-22-9-4-10-23-21/h4-10H,3,11-14H2,1-2H3. The molecule has 8 nitrogen and oxygen atoms in total. The molecule has 29 heavy (non-hydrogen) atoms. The Hall–Kier alpha value is -3.42. The Morgan fingerprint density at radius 3 is 2.14 bits per heavy atom. The molecule has 0 N–H and O–H groups in total. The summed E-state index contributed by atoms with van der Waals surface area (Å²) in [5.74, 6) is 0.913. The largest absolute Gasteiger partial charge is 0.497 e.